The molecule has 1 aromatic carbocycles. The van der Waals surface area contributed by atoms with Crippen molar-refractivity contribution >= 4 is 41.5 Å². The Morgan fingerprint density at radius 1 is 1.38 bits per heavy atom. The van der Waals surface area contributed by atoms with Gasteiger partial charge in [-0.05, 0) is 57.4 Å². The van der Waals surface area contributed by atoms with Gasteiger partial charge in [0.25, 0.3) is 0 Å². The molecule has 0 saturated carbocycles. The molecule has 2 rings (SSSR count). The van der Waals surface area contributed by atoms with Gasteiger partial charge in [-0.2, -0.15) is 0 Å². The summed E-state index contributed by atoms with van der Waals surface area (Å²) in [6.45, 7) is 7.99. The van der Waals surface area contributed by atoms with Crippen LogP contribution in [0.5, 0.6) is 0 Å². The summed E-state index contributed by atoms with van der Waals surface area (Å²) in [5, 5.41) is 4.49. The standard InChI is InChI=1S/C18H26Cl2N2O.ClH/c1-4-9-22(18(23)15-7-8-21-12(2)10-15)13(3)14-5-6-16(19)17(20)11-14;/h5-6,11-13,15,21H,4,7-10H2,1-3H3;1H/t12-,13?,15-;/m0./s1. The molecular formula is C18H27Cl3N2O. The second kappa shape index (κ2) is 9.86. The van der Waals surface area contributed by atoms with Gasteiger partial charge in [-0.25, -0.2) is 0 Å². The highest BCUT2D eigenvalue weighted by Gasteiger charge is 2.31. The Balaban J connectivity index is 0.00000288. The van der Waals surface area contributed by atoms with E-state index in [4.69, 9.17) is 23.2 Å². The maximum atomic E-state index is 13.0. The molecule has 0 radical (unpaired) electrons. The number of nitrogens with one attached hydrogen (secondary N) is 1. The van der Waals surface area contributed by atoms with Crippen molar-refractivity contribution in [3.05, 3.63) is 33.8 Å². The van der Waals surface area contributed by atoms with E-state index >= 15 is 0 Å². The van der Waals surface area contributed by atoms with Crippen molar-refractivity contribution in [1.82, 2.24) is 10.2 Å². The fourth-order valence-corrected chi connectivity index (χ4v) is 3.59. The number of carbonyl (C=O) groups is 1. The highest BCUT2D eigenvalue weighted by Crippen LogP contribution is 2.30. The predicted octanol–water partition coefficient (Wildman–Crippen LogP) is 5.10. The molecule has 1 aliphatic rings. The predicted molar refractivity (Wildman–Crippen MR) is 104 cm³/mol. The minimum Gasteiger partial charge on any atom is -0.336 e. The van der Waals surface area contributed by atoms with Gasteiger partial charge >= 0.3 is 0 Å². The Bertz CT molecular complexity index is 553. The Kier molecular flexibility index (Phi) is 8.86. The van der Waals surface area contributed by atoms with Crippen LogP contribution in [0.15, 0.2) is 18.2 Å². The molecule has 1 unspecified atom stereocenters. The van der Waals surface area contributed by atoms with Gasteiger partial charge in [-0.15, -0.1) is 12.4 Å². The quantitative estimate of drug-likeness (QED) is 0.754. The maximum Gasteiger partial charge on any atom is 0.226 e. The molecule has 3 nitrogen and oxygen atoms in total. The molecule has 0 aliphatic carbocycles. The number of carbonyl (C=O) groups excluding carboxylic acids is 1. The van der Waals surface area contributed by atoms with Gasteiger partial charge in [0, 0.05) is 18.5 Å². The number of piperidine rings is 1. The van der Waals surface area contributed by atoms with E-state index in [1.807, 2.05) is 17.0 Å². The molecule has 3 atom stereocenters. The second-order valence-electron chi connectivity index (χ2n) is 6.46. The van der Waals surface area contributed by atoms with Crippen molar-refractivity contribution in [2.45, 2.75) is 52.1 Å². The van der Waals surface area contributed by atoms with Crippen molar-refractivity contribution < 1.29 is 4.79 Å². The zero-order valence-electron chi connectivity index (χ0n) is 14.5. The summed E-state index contributed by atoms with van der Waals surface area (Å²) in [6.07, 6.45) is 2.77. The van der Waals surface area contributed by atoms with Gasteiger partial charge < -0.3 is 10.2 Å². The van der Waals surface area contributed by atoms with Crippen molar-refractivity contribution in [3.63, 3.8) is 0 Å². The molecule has 6 heteroatoms. The SMILES string of the molecule is CCCN(C(=O)[C@H]1CCN[C@@H](C)C1)C(C)c1ccc(Cl)c(Cl)c1.Cl. The van der Waals surface area contributed by atoms with E-state index in [1.54, 1.807) is 6.07 Å². The van der Waals surface area contributed by atoms with Gasteiger partial charge in [0.05, 0.1) is 16.1 Å². The van der Waals surface area contributed by atoms with Gasteiger partial charge in [-0.1, -0.05) is 36.2 Å². The van der Waals surface area contributed by atoms with Gasteiger partial charge in [0.15, 0.2) is 0 Å². The second-order valence-corrected chi connectivity index (χ2v) is 7.27. The van der Waals surface area contributed by atoms with Gasteiger partial charge in [0.1, 0.15) is 0 Å². The van der Waals surface area contributed by atoms with Crippen LogP contribution in [0.2, 0.25) is 10.0 Å². The number of hydrogen-bond donors (Lipinski definition) is 1. The molecule has 1 aliphatic heterocycles. The van der Waals surface area contributed by atoms with Gasteiger partial charge in [-0.3, -0.25) is 4.79 Å². The average molecular weight is 394 g/mol. The molecule has 1 fully saturated rings. The smallest absolute Gasteiger partial charge is 0.226 e. The third-order valence-electron chi connectivity index (χ3n) is 4.61. The first-order chi connectivity index (χ1) is 10.9. The van der Waals surface area contributed by atoms with Crippen LogP contribution in [-0.4, -0.2) is 29.9 Å². The number of benzene rings is 1. The lowest BCUT2D eigenvalue weighted by molar-refractivity contribution is -0.139. The Labute approximate surface area is 161 Å². The summed E-state index contributed by atoms with van der Waals surface area (Å²) in [5.74, 6) is 0.377. The number of rotatable bonds is 5. The van der Waals surface area contributed by atoms with Crippen molar-refractivity contribution in [3.8, 4) is 0 Å². The molecule has 1 saturated heterocycles. The summed E-state index contributed by atoms with van der Waals surface area (Å²) in [7, 11) is 0. The van der Waals surface area contributed by atoms with E-state index < -0.39 is 0 Å². The third kappa shape index (κ3) is 5.26. The van der Waals surface area contributed by atoms with Crippen LogP contribution in [0.1, 0.15) is 51.6 Å². The summed E-state index contributed by atoms with van der Waals surface area (Å²) in [6, 6.07) is 6.04. The van der Waals surface area contributed by atoms with E-state index in [9.17, 15) is 4.79 Å². The zero-order valence-corrected chi connectivity index (χ0v) is 16.8. The molecule has 0 bridgehead atoms. The number of hydrogen-bond acceptors (Lipinski definition) is 2. The monoisotopic (exact) mass is 392 g/mol. The van der Waals surface area contributed by atoms with Crippen LogP contribution in [0.25, 0.3) is 0 Å². The first-order valence-corrected chi connectivity index (χ1v) is 9.18. The molecule has 1 heterocycles. The third-order valence-corrected chi connectivity index (χ3v) is 5.35. The van der Waals surface area contributed by atoms with E-state index in [2.05, 4.69) is 26.1 Å². The average Bonchev–Trinajstić information content (AvgIpc) is 2.54. The lowest BCUT2D eigenvalue weighted by Crippen LogP contribution is -2.45. The fraction of sp³-hybridized carbons (Fsp3) is 0.611. The summed E-state index contributed by atoms with van der Waals surface area (Å²) in [4.78, 5) is 15.0. The number of amides is 1. The largest absolute Gasteiger partial charge is 0.336 e. The first kappa shape index (κ1) is 21.6. The minimum absolute atomic E-state index is 0. The van der Waals surface area contributed by atoms with Gasteiger partial charge in [0.2, 0.25) is 5.91 Å². The summed E-state index contributed by atoms with van der Waals surface area (Å²) in [5.41, 5.74) is 1.03. The van der Waals surface area contributed by atoms with Crippen LogP contribution in [0.4, 0.5) is 0 Å². The Morgan fingerprint density at radius 2 is 2.08 bits per heavy atom. The van der Waals surface area contributed by atoms with Crippen LogP contribution in [-0.2, 0) is 4.79 Å². The van der Waals surface area contributed by atoms with Crippen LogP contribution in [0.3, 0.4) is 0 Å². The zero-order chi connectivity index (χ0) is 17.0. The normalized spacial score (nSPS) is 21.7. The lowest BCUT2D eigenvalue weighted by Gasteiger charge is -2.35. The minimum atomic E-state index is 0. The number of halogens is 3. The molecule has 1 amide bonds. The Hall–Kier alpha value is -0.480. The van der Waals surface area contributed by atoms with Crippen LogP contribution in [0, 0.1) is 5.92 Å². The van der Waals surface area contributed by atoms with Crippen LogP contribution >= 0.6 is 35.6 Å². The van der Waals surface area contributed by atoms with Crippen molar-refractivity contribution in [2.24, 2.45) is 5.92 Å². The summed E-state index contributed by atoms with van der Waals surface area (Å²) >= 11 is 12.2. The molecular weight excluding hydrogens is 367 g/mol. The van der Waals surface area contributed by atoms with E-state index in [-0.39, 0.29) is 30.3 Å². The molecule has 0 aromatic heterocycles. The Morgan fingerprint density at radius 3 is 2.67 bits per heavy atom. The lowest BCUT2D eigenvalue weighted by atomic mass is 9.91. The van der Waals surface area contributed by atoms with Crippen LogP contribution < -0.4 is 5.32 Å². The molecule has 1 N–H and O–H groups in total. The van der Waals surface area contributed by atoms with Crippen molar-refractivity contribution in [1.29, 1.82) is 0 Å². The van der Waals surface area contributed by atoms with E-state index in [0.717, 1.165) is 37.9 Å². The molecule has 24 heavy (non-hydrogen) atoms. The van der Waals surface area contributed by atoms with Crippen molar-refractivity contribution in [2.75, 3.05) is 13.1 Å². The highest BCUT2D eigenvalue weighted by molar-refractivity contribution is 6.42. The topological polar surface area (TPSA) is 32.3 Å². The molecule has 136 valence electrons. The molecule has 1 aromatic rings. The van der Waals surface area contributed by atoms with E-state index in [1.165, 1.54) is 0 Å². The fourth-order valence-electron chi connectivity index (χ4n) is 3.28. The highest BCUT2D eigenvalue weighted by atomic mass is 35.5. The summed E-state index contributed by atoms with van der Waals surface area (Å²) < 4.78 is 0. The van der Waals surface area contributed by atoms with E-state index in [0.29, 0.717) is 16.1 Å². The number of nitrogens with zero attached hydrogens (tertiary/aromatic N) is 1. The maximum absolute atomic E-state index is 13.0. The first-order valence-electron chi connectivity index (χ1n) is 8.42. The molecule has 0 spiro atoms.